The Bertz CT molecular complexity index is 1060. The number of hydrogen-bond acceptors (Lipinski definition) is 4. The number of methoxy groups -OCH3 is 1. The van der Waals surface area contributed by atoms with E-state index in [0.29, 0.717) is 25.3 Å². The molecule has 176 valence electrons. The van der Waals surface area contributed by atoms with Crippen molar-refractivity contribution in [2.45, 2.75) is 62.8 Å². The molecule has 1 aromatic carbocycles. The molecule has 0 unspecified atom stereocenters. The molecule has 4 amide bonds. The van der Waals surface area contributed by atoms with Crippen LogP contribution in [0.4, 0.5) is 4.79 Å². The number of carbonyl (C=O) groups is 3. The Hall–Kier alpha value is -3.03. The quantitative estimate of drug-likeness (QED) is 0.656. The van der Waals surface area contributed by atoms with Gasteiger partial charge in [-0.05, 0) is 61.8 Å². The molecule has 5 rings (SSSR count). The third-order valence-corrected chi connectivity index (χ3v) is 7.68. The summed E-state index contributed by atoms with van der Waals surface area (Å²) < 4.78 is 5.38. The summed E-state index contributed by atoms with van der Waals surface area (Å²) in [6.45, 7) is 1.77. The zero-order valence-electron chi connectivity index (χ0n) is 19.2. The fraction of sp³-hybridized carbons (Fsp3) is 0.560. The van der Waals surface area contributed by atoms with E-state index in [1.54, 1.807) is 7.11 Å². The molecular weight excluding hydrogens is 420 g/mol. The number of aromatic nitrogens is 1. The van der Waals surface area contributed by atoms with Gasteiger partial charge in [0.2, 0.25) is 5.91 Å². The average Bonchev–Trinajstić information content (AvgIpc) is 3.53. The maximum absolute atomic E-state index is 12.8. The third-order valence-electron chi connectivity index (χ3n) is 7.68. The maximum Gasteiger partial charge on any atom is 0.325 e. The summed E-state index contributed by atoms with van der Waals surface area (Å²) in [4.78, 5) is 44.4. The molecule has 2 aliphatic heterocycles. The van der Waals surface area contributed by atoms with Gasteiger partial charge in [0, 0.05) is 43.2 Å². The molecule has 1 spiro atoms. The Morgan fingerprint density at radius 3 is 2.67 bits per heavy atom. The molecule has 1 aromatic heterocycles. The second-order valence-electron chi connectivity index (χ2n) is 9.59. The van der Waals surface area contributed by atoms with E-state index < -0.39 is 5.54 Å². The second kappa shape index (κ2) is 8.72. The largest absolute Gasteiger partial charge is 0.497 e. The van der Waals surface area contributed by atoms with Crippen LogP contribution in [0.1, 0.15) is 62.8 Å². The third kappa shape index (κ3) is 3.96. The van der Waals surface area contributed by atoms with Gasteiger partial charge >= 0.3 is 6.03 Å². The van der Waals surface area contributed by atoms with E-state index in [9.17, 15) is 14.4 Å². The summed E-state index contributed by atoms with van der Waals surface area (Å²) in [7, 11) is 1.68. The average molecular weight is 453 g/mol. The Balaban J connectivity index is 1.12. The molecule has 2 aromatic rings. The van der Waals surface area contributed by atoms with Crippen LogP contribution in [0.5, 0.6) is 5.75 Å². The molecule has 33 heavy (non-hydrogen) atoms. The lowest BCUT2D eigenvalue weighted by Crippen LogP contribution is -2.44. The summed E-state index contributed by atoms with van der Waals surface area (Å²) in [6.07, 6.45) is 8.20. The van der Waals surface area contributed by atoms with Crippen molar-refractivity contribution in [3.63, 3.8) is 0 Å². The number of H-pyrrole nitrogens is 1. The van der Waals surface area contributed by atoms with Crippen molar-refractivity contribution in [1.82, 2.24) is 20.1 Å². The molecule has 3 aliphatic rings. The maximum atomic E-state index is 12.8. The molecule has 1 aliphatic carbocycles. The Morgan fingerprint density at radius 1 is 1.18 bits per heavy atom. The van der Waals surface area contributed by atoms with Gasteiger partial charge in [0.15, 0.2) is 0 Å². The van der Waals surface area contributed by atoms with Gasteiger partial charge in [-0.2, -0.15) is 0 Å². The lowest BCUT2D eigenvalue weighted by Gasteiger charge is -2.32. The van der Waals surface area contributed by atoms with E-state index in [2.05, 4.69) is 22.6 Å². The standard InChI is InChI=1S/C25H32N4O4/c1-33-18-6-7-21-19(15-18)20(16-26-21)17-8-13-28(14-9-17)22(30)5-4-12-29-23(31)25(27-24(29)32)10-2-3-11-25/h6-7,15-17,26H,2-5,8-14H2,1H3,(H,27,32). The van der Waals surface area contributed by atoms with Crippen LogP contribution >= 0.6 is 0 Å². The number of nitrogens with zero attached hydrogens (tertiary/aromatic N) is 2. The van der Waals surface area contributed by atoms with Crippen molar-refractivity contribution < 1.29 is 19.1 Å². The van der Waals surface area contributed by atoms with E-state index in [0.717, 1.165) is 62.9 Å². The number of carbonyl (C=O) groups excluding carboxylic acids is 3. The van der Waals surface area contributed by atoms with E-state index >= 15 is 0 Å². The topological polar surface area (TPSA) is 94.7 Å². The summed E-state index contributed by atoms with van der Waals surface area (Å²) in [6, 6.07) is 5.77. The van der Waals surface area contributed by atoms with Crippen LogP contribution in [0, 0.1) is 0 Å². The van der Waals surface area contributed by atoms with Crippen LogP contribution in [0.3, 0.4) is 0 Å². The van der Waals surface area contributed by atoms with Crippen molar-refractivity contribution >= 4 is 28.7 Å². The number of benzene rings is 1. The molecule has 1 saturated carbocycles. The van der Waals surface area contributed by atoms with Crippen LogP contribution in [0.25, 0.3) is 10.9 Å². The minimum Gasteiger partial charge on any atom is -0.497 e. The zero-order valence-corrected chi connectivity index (χ0v) is 19.2. The Morgan fingerprint density at radius 2 is 1.94 bits per heavy atom. The van der Waals surface area contributed by atoms with E-state index in [-0.39, 0.29) is 17.8 Å². The van der Waals surface area contributed by atoms with Crippen LogP contribution in [-0.4, -0.2) is 64.9 Å². The summed E-state index contributed by atoms with van der Waals surface area (Å²) in [5.41, 5.74) is 1.72. The highest BCUT2D eigenvalue weighted by atomic mass is 16.5. The number of amides is 4. The number of nitrogens with one attached hydrogen (secondary N) is 2. The molecular formula is C25H32N4O4. The minimum atomic E-state index is -0.671. The fourth-order valence-electron chi connectivity index (χ4n) is 5.77. The molecule has 8 heteroatoms. The lowest BCUT2D eigenvalue weighted by atomic mass is 9.89. The summed E-state index contributed by atoms with van der Waals surface area (Å²) >= 11 is 0. The number of urea groups is 1. The number of ether oxygens (including phenoxy) is 1. The monoisotopic (exact) mass is 452 g/mol. The van der Waals surface area contributed by atoms with Crippen molar-refractivity contribution in [3.8, 4) is 5.75 Å². The number of hydrogen-bond donors (Lipinski definition) is 2. The highest BCUT2D eigenvalue weighted by molar-refractivity contribution is 6.07. The number of aromatic amines is 1. The van der Waals surface area contributed by atoms with Gasteiger partial charge in [-0.1, -0.05) is 12.8 Å². The van der Waals surface area contributed by atoms with Crippen LogP contribution < -0.4 is 10.1 Å². The number of piperidine rings is 1. The van der Waals surface area contributed by atoms with E-state index in [4.69, 9.17) is 4.74 Å². The fourth-order valence-corrected chi connectivity index (χ4v) is 5.77. The van der Waals surface area contributed by atoms with Crippen molar-refractivity contribution in [3.05, 3.63) is 30.0 Å². The predicted molar refractivity (Wildman–Crippen MR) is 124 cm³/mol. The molecule has 3 heterocycles. The van der Waals surface area contributed by atoms with E-state index in [1.165, 1.54) is 15.8 Å². The molecule has 2 N–H and O–H groups in total. The number of likely N-dealkylation sites (tertiary alicyclic amines) is 1. The molecule has 0 bridgehead atoms. The molecule has 2 saturated heterocycles. The summed E-state index contributed by atoms with van der Waals surface area (Å²) in [5, 5.41) is 4.09. The SMILES string of the molecule is COc1ccc2[nH]cc(C3CCN(C(=O)CCCN4C(=O)NC5(CCCC5)C4=O)CC3)c2c1. The van der Waals surface area contributed by atoms with Gasteiger partial charge in [-0.15, -0.1) is 0 Å². The second-order valence-corrected chi connectivity index (χ2v) is 9.59. The van der Waals surface area contributed by atoms with Gasteiger partial charge in [0.1, 0.15) is 11.3 Å². The van der Waals surface area contributed by atoms with Crippen LogP contribution in [0.2, 0.25) is 0 Å². The van der Waals surface area contributed by atoms with Crippen LogP contribution in [0.15, 0.2) is 24.4 Å². The minimum absolute atomic E-state index is 0.103. The predicted octanol–water partition coefficient (Wildman–Crippen LogP) is 3.53. The van der Waals surface area contributed by atoms with Gasteiger partial charge in [0.05, 0.1) is 7.11 Å². The Labute approximate surface area is 193 Å². The molecule has 0 atom stereocenters. The molecule has 3 fully saturated rings. The number of imide groups is 1. The highest BCUT2D eigenvalue weighted by Crippen LogP contribution is 2.36. The van der Waals surface area contributed by atoms with Crippen LogP contribution in [-0.2, 0) is 9.59 Å². The summed E-state index contributed by atoms with van der Waals surface area (Å²) in [5.74, 6) is 1.26. The van der Waals surface area contributed by atoms with Crippen molar-refractivity contribution in [1.29, 1.82) is 0 Å². The van der Waals surface area contributed by atoms with Gasteiger partial charge in [-0.25, -0.2) is 4.79 Å². The van der Waals surface area contributed by atoms with Gasteiger partial charge in [0.25, 0.3) is 5.91 Å². The highest BCUT2D eigenvalue weighted by Gasteiger charge is 2.52. The van der Waals surface area contributed by atoms with Crippen molar-refractivity contribution in [2.24, 2.45) is 0 Å². The first-order chi connectivity index (χ1) is 16.0. The smallest absolute Gasteiger partial charge is 0.325 e. The molecule has 0 radical (unpaired) electrons. The lowest BCUT2D eigenvalue weighted by molar-refractivity contribution is -0.134. The zero-order chi connectivity index (χ0) is 23.0. The normalized spacial score (nSPS) is 20.8. The van der Waals surface area contributed by atoms with Gasteiger partial charge in [-0.3, -0.25) is 14.5 Å². The van der Waals surface area contributed by atoms with Crippen molar-refractivity contribution in [2.75, 3.05) is 26.7 Å². The first-order valence-electron chi connectivity index (χ1n) is 12.1. The first kappa shape index (κ1) is 21.8. The number of rotatable bonds is 6. The first-order valence-corrected chi connectivity index (χ1v) is 12.1. The van der Waals surface area contributed by atoms with Gasteiger partial charge < -0.3 is 19.9 Å². The van der Waals surface area contributed by atoms with E-state index in [1.807, 2.05) is 17.0 Å². The Kier molecular flexibility index (Phi) is 5.76. The molecule has 8 nitrogen and oxygen atoms in total. The number of fused-ring (bicyclic) bond motifs is 1.